The molecule has 0 aliphatic heterocycles. The Morgan fingerprint density at radius 2 is 1.61 bits per heavy atom. The summed E-state index contributed by atoms with van der Waals surface area (Å²) >= 11 is 2.35. The third-order valence-electron chi connectivity index (χ3n) is 3.35. The molecule has 0 saturated heterocycles. The molecule has 1 aromatic carbocycles. The summed E-state index contributed by atoms with van der Waals surface area (Å²) in [5, 5.41) is 3.61. The van der Waals surface area contributed by atoms with E-state index in [-0.39, 0.29) is 0 Å². The van der Waals surface area contributed by atoms with E-state index >= 15 is 0 Å². The van der Waals surface area contributed by atoms with Crippen molar-refractivity contribution in [1.29, 1.82) is 0 Å². The smallest absolute Gasteiger partial charge is 0.0291 e. The van der Waals surface area contributed by atoms with E-state index < -0.39 is 0 Å². The molecule has 0 aromatic heterocycles. The monoisotopic (exact) mass is 359 g/mol. The van der Waals surface area contributed by atoms with Crippen molar-refractivity contribution in [2.75, 3.05) is 6.54 Å². The molecule has 1 nitrogen and oxygen atoms in total. The largest absolute Gasteiger partial charge is 0.310 e. The topological polar surface area (TPSA) is 12.0 Å². The maximum absolute atomic E-state index is 3.61. The molecule has 1 atom stereocenters. The fourth-order valence-corrected chi connectivity index (χ4v) is 2.45. The van der Waals surface area contributed by atoms with E-state index in [0.29, 0.717) is 6.04 Å². The molecule has 0 spiro atoms. The number of rotatable bonds is 9. The van der Waals surface area contributed by atoms with Crippen LogP contribution in [0.4, 0.5) is 0 Å². The van der Waals surface area contributed by atoms with Gasteiger partial charge in [0.05, 0.1) is 0 Å². The molecule has 0 bridgehead atoms. The Bertz CT molecular complexity index is 307. The molecule has 0 fully saturated rings. The minimum absolute atomic E-state index is 0.470. The fraction of sp³-hybridized carbons (Fsp3) is 0.625. The van der Waals surface area contributed by atoms with E-state index in [2.05, 4.69) is 66.0 Å². The van der Waals surface area contributed by atoms with Crippen LogP contribution in [0.25, 0.3) is 0 Å². The molecule has 1 rings (SSSR count). The van der Waals surface area contributed by atoms with Gasteiger partial charge in [0.2, 0.25) is 0 Å². The Morgan fingerprint density at radius 3 is 2.28 bits per heavy atom. The average molecular weight is 359 g/mol. The summed E-state index contributed by atoms with van der Waals surface area (Å²) in [6, 6.07) is 9.27. The number of hydrogen-bond donors (Lipinski definition) is 1. The van der Waals surface area contributed by atoms with Crippen molar-refractivity contribution in [3.05, 3.63) is 33.4 Å². The second kappa shape index (κ2) is 9.79. The molecular formula is C16H26IN. The van der Waals surface area contributed by atoms with Gasteiger partial charge in [-0.3, -0.25) is 0 Å². The van der Waals surface area contributed by atoms with Gasteiger partial charge in [0.15, 0.2) is 0 Å². The molecule has 1 unspecified atom stereocenters. The van der Waals surface area contributed by atoms with Gasteiger partial charge in [-0.15, -0.1) is 0 Å². The third-order valence-corrected chi connectivity index (χ3v) is 4.07. The highest BCUT2D eigenvalue weighted by atomic mass is 127. The second-order valence-electron chi connectivity index (χ2n) is 5.00. The van der Waals surface area contributed by atoms with Gasteiger partial charge in [-0.1, -0.05) is 51.2 Å². The lowest BCUT2D eigenvalue weighted by molar-refractivity contribution is 0.527. The molecule has 2 heteroatoms. The highest BCUT2D eigenvalue weighted by Gasteiger charge is 2.03. The van der Waals surface area contributed by atoms with Crippen molar-refractivity contribution >= 4 is 22.6 Å². The van der Waals surface area contributed by atoms with Crippen LogP contribution < -0.4 is 5.32 Å². The first-order chi connectivity index (χ1) is 8.74. The molecule has 0 heterocycles. The van der Waals surface area contributed by atoms with Gasteiger partial charge in [-0.05, 0) is 60.2 Å². The highest BCUT2D eigenvalue weighted by molar-refractivity contribution is 14.1. The molecule has 1 N–H and O–H groups in total. The quantitative estimate of drug-likeness (QED) is 0.466. The van der Waals surface area contributed by atoms with E-state index in [1.54, 1.807) is 0 Å². The van der Waals surface area contributed by atoms with Gasteiger partial charge < -0.3 is 5.32 Å². The first kappa shape index (κ1) is 16.0. The Hall–Kier alpha value is -0.0900. The Balaban J connectivity index is 2.10. The number of unbranched alkanes of at least 4 members (excludes halogenated alkanes) is 5. The van der Waals surface area contributed by atoms with E-state index in [0.717, 1.165) is 6.54 Å². The number of benzene rings is 1. The molecule has 1 aromatic rings. The van der Waals surface area contributed by atoms with Crippen LogP contribution in [0, 0.1) is 3.57 Å². The number of nitrogens with one attached hydrogen (secondary N) is 1. The third kappa shape index (κ3) is 6.74. The van der Waals surface area contributed by atoms with E-state index in [9.17, 15) is 0 Å². The standard InChI is InChI=1S/C16H26IN/c1-3-4-5-6-7-8-13-18-14(2)15-9-11-16(17)12-10-15/h9-12,14,18H,3-8,13H2,1-2H3. The van der Waals surface area contributed by atoms with Crippen molar-refractivity contribution in [2.24, 2.45) is 0 Å². The van der Waals surface area contributed by atoms with Crippen molar-refractivity contribution < 1.29 is 0 Å². The molecular weight excluding hydrogens is 333 g/mol. The summed E-state index contributed by atoms with van der Waals surface area (Å²) in [5.41, 5.74) is 1.39. The first-order valence-electron chi connectivity index (χ1n) is 7.23. The molecule has 0 aliphatic rings. The summed E-state index contributed by atoms with van der Waals surface area (Å²) in [5.74, 6) is 0. The zero-order valence-electron chi connectivity index (χ0n) is 11.7. The minimum Gasteiger partial charge on any atom is -0.310 e. The maximum atomic E-state index is 3.61. The predicted octanol–water partition coefficient (Wildman–Crippen LogP) is 5.30. The van der Waals surface area contributed by atoms with Crippen LogP contribution in [-0.2, 0) is 0 Å². The van der Waals surface area contributed by atoms with Crippen molar-refractivity contribution in [2.45, 2.75) is 58.4 Å². The summed E-state index contributed by atoms with van der Waals surface area (Å²) in [7, 11) is 0. The molecule has 18 heavy (non-hydrogen) atoms. The van der Waals surface area contributed by atoms with Crippen LogP contribution in [0.5, 0.6) is 0 Å². The van der Waals surface area contributed by atoms with Crippen LogP contribution >= 0.6 is 22.6 Å². The zero-order chi connectivity index (χ0) is 13.2. The van der Waals surface area contributed by atoms with Gasteiger partial charge in [-0.25, -0.2) is 0 Å². The molecule has 102 valence electrons. The second-order valence-corrected chi connectivity index (χ2v) is 6.24. The van der Waals surface area contributed by atoms with Crippen molar-refractivity contribution in [3.8, 4) is 0 Å². The van der Waals surface area contributed by atoms with Gasteiger partial charge in [-0.2, -0.15) is 0 Å². The number of halogens is 1. The van der Waals surface area contributed by atoms with E-state index in [4.69, 9.17) is 0 Å². The molecule has 0 amide bonds. The fourth-order valence-electron chi connectivity index (χ4n) is 2.09. The lowest BCUT2D eigenvalue weighted by atomic mass is 10.1. The van der Waals surface area contributed by atoms with Crippen LogP contribution in [0.15, 0.2) is 24.3 Å². The first-order valence-corrected chi connectivity index (χ1v) is 8.30. The zero-order valence-corrected chi connectivity index (χ0v) is 13.9. The lowest BCUT2D eigenvalue weighted by Crippen LogP contribution is -2.19. The van der Waals surface area contributed by atoms with Gasteiger partial charge >= 0.3 is 0 Å². The number of hydrogen-bond acceptors (Lipinski definition) is 1. The molecule has 0 aliphatic carbocycles. The Morgan fingerprint density at radius 1 is 1.00 bits per heavy atom. The highest BCUT2D eigenvalue weighted by Crippen LogP contribution is 2.14. The molecule has 0 saturated carbocycles. The normalized spacial score (nSPS) is 12.6. The van der Waals surface area contributed by atoms with Crippen LogP contribution in [0.3, 0.4) is 0 Å². The van der Waals surface area contributed by atoms with Crippen LogP contribution in [0.2, 0.25) is 0 Å². The lowest BCUT2D eigenvalue weighted by Gasteiger charge is -2.14. The predicted molar refractivity (Wildman–Crippen MR) is 89.0 cm³/mol. The average Bonchev–Trinajstić information content (AvgIpc) is 2.38. The summed E-state index contributed by atoms with van der Waals surface area (Å²) in [6.07, 6.45) is 8.20. The van der Waals surface area contributed by atoms with Gasteiger partial charge in [0, 0.05) is 9.61 Å². The van der Waals surface area contributed by atoms with Crippen LogP contribution in [-0.4, -0.2) is 6.54 Å². The Labute approximate surface area is 126 Å². The van der Waals surface area contributed by atoms with Crippen molar-refractivity contribution in [1.82, 2.24) is 5.32 Å². The molecule has 0 radical (unpaired) electrons. The van der Waals surface area contributed by atoms with Crippen molar-refractivity contribution in [3.63, 3.8) is 0 Å². The van der Waals surface area contributed by atoms with Gasteiger partial charge in [0.1, 0.15) is 0 Å². The summed E-state index contributed by atoms with van der Waals surface area (Å²) < 4.78 is 1.31. The summed E-state index contributed by atoms with van der Waals surface area (Å²) in [4.78, 5) is 0. The van der Waals surface area contributed by atoms with Crippen LogP contribution in [0.1, 0.15) is 64.0 Å². The summed E-state index contributed by atoms with van der Waals surface area (Å²) in [6.45, 7) is 5.66. The minimum atomic E-state index is 0.470. The van der Waals surface area contributed by atoms with E-state index in [1.807, 2.05) is 0 Å². The SMILES string of the molecule is CCCCCCCCNC(C)c1ccc(I)cc1. The Kier molecular flexibility index (Phi) is 8.68. The van der Waals surface area contributed by atoms with Gasteiger partial charge in [0.25, 0.3) is 0 Å². The maximum Gasteiger partial charge on any atom is 0.0291 e. The van der Waals surface area contributed by atoms with E-state index in [1.165, 1.54) is 47.7 Å².